The number of fused-ring (bicyclic) bond motifs is 1. The van der Waals surface area contributed by atoms with Crippen molar-refractivity contribution in [1.82, 2.24) is 29.6 Å². The molecule has 0 radical (unpaired) electrons. The number of rotatable bonds is 10. The molecule has 1 aliphatic heterocycles. The third-order valence-electron chi connectivity index (χ3n) is 5.85. The minimum atomic E-state index is -0.0297. The van der Waals surface area contributed by atoms with Crippen LogP contribution in [0.5, 0.6) is 5.88 Å². The maximum Gasteiger partial charge on any atom is 0.244 e. The van der Waals surface area contributed by atoms with E-state index in [-0.39, 0.29) is 6.10 Å². The second-order valence-corrected chi connectivity index (χ2v) is 9.57. The van der Waals surface area contributed by atoms with Gasteiger partial charge in [0.15, 0.2) is 0 Å². The second-order valence-electron chi connectivity index (χ2n) is 8.66. The van der Waals surface area contributed by atoms with Crippen LogP contribution in [0.4, 0.5) is 10.9 Å². The Morgan fingerprint density at radius 1 is 1.26 bits per heavy atom. The third-order valence-corrected chi connectivity index (χ3v) is 6.74. The fraction of sp³-hybridized carbons (Fsp3) is 0.435. The van der Waals surface area contributed by atoms with Gasteiger partial charge in [-0.25, -0.2) is 4.98 Å². The van der Waals surface area contributed by atoms with Crippen molar-refractivity contribution in [2.45, 2.75) is 38.0 Å². The molecule has 34 heavy (non-hydrogen) atoms. The topological polar surface area (TPSA) is 100 Å². The second kappa shape index (κ2) is 9.34. The number of hydrogen-bond donors (Lipinski definition) is 2. The lowest BCUT2D eigenvalue weighted by Gasteiger charge is -2.14. The summed E-state index contributed by atoms with van der Waals surface area (Å²) in [6, 6.07) is 4.68. The maximum absolute atomic E-state index is 6.30. The van der Waals surface area contributed by atoms with Gasteiger partial charge in [0, 0.05) is 31.9 Å². The first-order chi connectivity index (χ1) is 16.7. The molecule has 10 nitrogen and oxygen atoms in total. The van der Waals surface area contributed by atoms with Crippen molar-refractivity contribution in [1.29, 1.82) is 0 Å². The molecule has 1 atom stereocenters. The van der Waals surface area contributed by atoms with Gasteiger partial charge in [0.2, 0.25) is 11.8 Å². The summed E-state index contributed by atoms with van der Waals surface area (Å²) in [6.45, 7) is 2.42. The van der Waals surface area contributed by atoms with Gasteiger partial charge in [0.05, 0.1) is 49.0 Å². The summed E-state index contributed by atoms with van der Waals surface area (Å²) in [5.41, 5.74) is 3.65. The van der Waals surface area contributed by atoms with Crippen molar-refractivity contribution in [3.05, 3.63) is 41.7 Å². The van der Waals surface area contributed by atoms with E-state index in [1.54, 1.807) is 16.0 Å². The van der Waals surface area contributed by atoms with E-state index >= 15 is 0 Å². The molecular formula is C23H27N7O3S. The fourth-order valence-corrected chi connectivity index (χ4v) is 4.71. The standard InChI is InChI=1S/C23H27N7O3S/c1-29-10-17(9-25-29)30-6-4-19-21(30)22(33-18-5-7-31-12-18)28-23(26-19)27-20-8-15(13-34-20)11-32-14-24-16-2-3-16/h4,6,8-10,13,16,18,24H,2-3,5,7,11-12,14H2,1H3,(H,26,27,28)/t18-/m0/s1. The van der Waals surface area contributed by atoms with Gasteiger partial charge in [-0.3, -0.25) is 10.00 Å². The number of ether oxygens (including phenoxy) is 3. The molecule has 0 spiro atoms. The molecule has 178 valence electrons. The van der Waals surface area contributed by atoms with Crippen LogP contribution in [0, 0.1) is 0 Å². The smallest absolute Gasteiger partial charge is 0.244 e. The number of nitrogens with zero attached hydrogens (tertiary/aromatic N) is 5. The van der Waals surface area contributed by atoms with Gasteiger partial charge >= 0.3 is 0 Å². The first kappa shape index (κ1) is 21.5. The summed E-state index contributed by atoms with van der Waals surface area (Å²) in [4.78, 5) is 9.51. The molecule has 0 unspecified atom stereocenters. The van der Waals surface area contributed by atoms with Crippen LogP contribution in [-0.2, 0) is 23.1 Å². The Morgan fingerprint density at radius 3 is 3.00 bits per heavy atom. The number of hydrogen-bond acceptors (Lipinski definition) is 9. The van der Waals surface area contributed by atoms with Crippen molar-refractivity contribution >= 4 is 33.3 Å². The van der Waals surface area contributed by atoms with Crippen LogP contribution in [0.1, 0.15) is 24.8 Å². The van der Waals surface area contributed by atoms with E-state index in [4.69, 9.17) is 24.2 Å². The molecule has 2 aliphatic rings. The largest absolute Gasteiger partial charge is 0.470 e. The number of nitrogens with one attached hydrogen (secondary N) is 2. The van der Waals surface area contributed by atoms with Gasteiger partial charge in [-0.05, 0) is 35.9 Å². The van der Waals surface area contributed by atoms with E-state index < -0.39 is 0 Å². The zero-order chi connectivity index (χ0) is 22.9. The van der Waals surface area contributed by atoms with E-state index in [0.717, 1.165) is 33.7 Å². The molecule has 1 aliphatic carbocycles. The molecule has 4 aromatic heterocycles. The first-order valence-electron chi connectivity index (χ1n) is 11.5. The van der Waals surface area contributed by atoms with Crippen LogP contribution in [0.3, 0.4) is 0 Å². The number of aromatic nitrogens is 5. The van der Waals surface area contributed by atoms with E-state index in [2.05, 4.69) is 27.2 Å². The summed E-state index contributed by atoms with van der Waals surface area (Å²) >= 11 is 1.60. The summed E-state index contributed by atoms with van der Waals surface area (Å²) in [5.74, 6) is 1.03. The lowest BCUT2D eigenvalue weighted by Crippen LogP contribution is -2.19. The Hall–Kier alpha value is -2.99. The van der Waals surface area contributed by atoms with Crippen LogP contribution < -0.4 is 15.4 Å². The summed E-state index contributed by atoms with van der Waals surface area (Å²) in [7, 11) is 1.89. The van der Waals surface area contributed by atoms with Gasteiger partial charge in [-0.1, -0.05) is 0 Å². The van der Waals surface area contributed by atoms with E-state index in [0.29, 0.717) is 44.4 Å². The Labute approximate surface area is 200 Å². The number of thiophene rings is 1. The minimum Gasteiger partial charge on any atom is -0.470 e. The Morgan fingerprint density at radius 2 is 2.21 bits per heavy atom. The summed E-state index contributed by atoms with van der Waals surface area (Å²) in [5, 5.41) is 14.0. The highest BCUT2D eigenvalue weighted by Gasteiger charge is 2.23. The molecule has 0 amide bonds. The third kappa shape index (κ3) is 4.78. The predicted octanol–water partition coefficient (Wildman–Crippen LogP) is 3.35. The van der Waals surface area contributed by atoms with Gasteiger partial charge in [0.25, 0.3) is 0 Å². The van der Waals surface area contributed by atoms with Gasteiger partial charge in [-0.2, -0.15) is 10.1 Å². The molecule has 0 aromatic carbocycles. The van der Waals surface area contributed by atoms with Crippen molar-refractivity contribution in [3.8, 4) is 11.6 Å². The van der Waals surface area contributed by atoms with Crippen LogP contribution in [0.25, 0.3) is 16.7 Å². The Kier molecular flexibility index (Phi) is 5.91. The zero-order valence-electron chi connectivity index (χ0n) is 18.9. The van der Waals surface area contributed by atoms with Crippen LogP contribution in [0.2, 0.25) is 0 Å². The molecule has 4 aromatic rings. The molecule has 1 saturated heterocycles. The summed E-state index contributed by atoms with van der Waals surface area (Å²) in [6.07, 6.45) is 9.04. The van der Waals surface area contributed by atoms with Crippen LogP contribution >= 0.6 is 11.3 Å². The van der Waals surface area contributed by atoms with E-state index in [1.807, 2.05) is 36.3 Å². The molecule has 1 saturated carbocycles. The minimum absolute atomic E-state index is 0.0297. The van der Waals surface area contributed by atoms with E-state index in [1.165, 1.54) is 12.8 Å². The lowest BCUT2D eigenvalue weighted by atomic mass is 10.3. The van der Waals surface area contributed by atoms with E-state index in [9.17, 15) is 0 Å². The van der Waals surface area contributed by atoms with Gasteiger partial charge < -0.3 is 24.1 Å². The van der Waals surface area contributed by atoms with Gasteiger partial charge in [-0.15, -0.1) is 11.3 Å². The van der Waals surface area contributed by atoms with Crippen LogP contribution in [-0.4, -0.2) is 56.4 Å². The van der Waals surface area contributed by atoms with Crippen molar-refractivity contribution < 1.29 is 14.2 Å². The zero-order valence-corrected chi connectivity index (χ0v) is 19.8. The summed E-state index contributed by atoms with van der Waals surface area (Å²) < 4.78 is 21.3. The quantitative estimate of drug-likeness (QED) is 0.263. The SMILES string of the molecule is Cn1cc(-n2ccc3nc(Nc4cc(COCNC5CC5)cs4)nc(O[C@H]4CCOC4)c32)cn1. The molecule has 2 fully saturated rings. The molecule has 11 heteroatoms. The normalized spacial score (nSPS) is 18.1. The maximum atomic E-state index is 6.30. The predicted molar refractivity (Wildman–Crippen MR) is 129 cm³/mol. The molecule has 0 bridgehead atoms. The molecule has 2 N–H and O–H groups in total. The molecule has 5 heterocycles. The number of anilines is 2. The molecular weight excluding hydrogens is 454 g/mol. The Balaban J connectivity index is 1.24. The van der Waals surface area contributed by atoms with Crippen LogP contribution in [0.15, 0.2) is 36.1 Å². The van der Waals surface area contributed by atoms with Crippen molar-refractivity contribution in [2.75, 3.05) is 25.3 Å². The highest BCUT2D eigenvalue weighted by molar-refractivity contribution is 7.14. The average Bonchev–Trinajstić information content (AvgIpc) is 3.26. The van der Waals surface area contributed by atoms with Crippen molar-refractivity contribution in [3.63, 3.8) is 0 Å². The molecule has 6 rings (SSSR count). The monoisotopic (exact) mass is 481 g/mol. The van der Waals surface area contributed by atoms with Gasteiger partial charge in [0.1, 0.15) is 11.6 Å². The highest BCUT2D eigenvalue weighted by atomic mass is 32.1. The highest BCUT2D eigenvalue weighted by Crippen LogP contribution is 2.31. The first-order valence-corrected chi connectivity index (χ1v) is 12.4. The lowest BCUT2D eigenvalue weighted by molar-refractivity contribution is 0.103. The Bertz CT molecular complexity index is 1270. The van der Waals surface area contributed by atoms with Crippen molar-refractivity contribution in [2.24, 2.45) is 7.05 Å². The number of aryl methyl sites for hydroxylation is 1. The average molecular weight is 482 g/mol. The fourth-order valence-electron chi connectivity index (χ4n) is 3.92.